The van der Waals surface area contributed by atoms with Crippen molar-refractivity contribution in [1.82, 2.24) is 9.97 Å². The number of aromatic amines is 1. The van der Waals surface area contributed by atoms with Crippen molar-refractivity contribution in [2.24, 2.45) is 0 Å². The van der Waals surface area contributed by atoms with Crippen molar-refractivity contribution < 1.29 is 22.7 Å². The summed E-state index contributed by atoms with van der Waals surface area (Å²) in [4.78, 5) is 20.0. The van der Waals surface area contributed by atoms with Crippen LogP contribution in [-0.4, -0.2) is 21.7 Å². The molecule has 2 N–H and O–H groups in total. The predicted octanol–water partition coefficient (Wildman–Crippen LogP) is 7.77. The van der Waals surface area contributed by atoms with E-state index in [-0.39, 0.29) is 0 Å². The molecule has 35 heavy (non-hydrogen) atoms. The molecule has 1 amide bonds. The molecule has 0 aliphatic rings. The zero-order valence-electron chi connectivity index (χ0n) is 19.4. The highest BCUT2D eigenvalue weighted by atomic mass is 19.4. The van der Waals surface area contributed by atoms with Crippen LogP contribution in [0.3, 0.4) is 0 Å². The van der Waals surface area contributed by atoms with Gasteiger partial charge in [0.25, 0.3) is 0 Å². The largest absolute Gasteiger partial charge is 0.444 e. The molecule has 1 heterocycles. The van der Waals surface area contributed by atoms with E-state index in [1.807, 2.05) is 36.4 Å². The van der Waals surface area contributed by atoms with Gasteiger partial charge in [0.05, 0.1) is 22.3 Å². The number of alkyl halides is 3. The average molecular weight is 480 g/mol. The Bertz CT molecular complexity index is 1380. The van der Waals surface area contributed by atoms with Crippen LogP contribution in [0.2, 0.25) is 0 Å². The molecule has 0 atom stereocenters. The number of carbonyl (C=O) groups is 1. The Kier molecular flexibility index (Phi) is 6.39. The van der Waals surface area contributed by atoms with Gasteiger partial charge < -0.3 is 9.72 Å². The second-order valence-corrected chi connectivity index (χ2v) is 8.98. The smallest absolute Gasteiger partial charge is 0.416 e. The molecule has 8 heteroatoms. The molecular formula is C27H24F3N3O2. The summed E-state index contributed by atoms with van der Waals surface area (Å²) in [5.74, 6) is 0.567. The lowest BCUT2D eigenvalue weighted by Crippen LogP contribution is -2.27. The molecule has 0 saturated carbocycles. The number of hydrogen-bond donors (Lipinski definition) is 2. The van der Waals surface area contributed by atoms with Gasteiger partial charge in [-0.05, 0) is 68.3 Å². The number of ether oxygens (including phenoxy) is 1. The van der Waals surface area contributed by atoms with Crippen molar-refractivity contribution in [2.45, 2.75) is 32.5 Å². The van der Waals surface area contributed by atoms with Gasteiger partial charge >= 0.3 is 12.3 Å². The molecule has 0 aliphatic heterocycles. The second kappa shape index (κ2) is 9.29. The van der Waals surface area contributed by atoms with Gasteiger partial charge in [-0.1, -0.05) is 42.5 Å². The maximum absolute atomic E-state index is 12.7. The van der Waals surface area contributed by atoms with E-state index in [9.17, 15) is 18.0 Å². The summed E-state index contributed by atoms with van der Waals surface area (Å²) in [6.07, 6.45) is -1.50. The van der Waals surface area contributed by atoms with Crippen LogP contribution in [0.15, 0.2) is 66.7 Å². The van der Waals surface area contributed by atoms with E-state index in [0.717, 1.165) is 34.3 Å². The number of H-pyrrole nitrogens is 1. The molecule has 0 fully saturated rings. The Morgan fingerprint density at radius 1 is 0.971 bits per heavy atom. The van der Waals surface area contributed by atoms with Gasteiger partial charge in [0, 0.05) is 5.56 Å². The van der Waals surface area contributed by atoms with Crippen LogP contribution < -0.4 is 5.32 Å². The highest BCUT2D eigenvalue weighted by molar-refractivity contribution is 5.93. The van der Waals surface area contributed by atoms with E-state index in [1.165, 1.54) is 12.1 Å². The maximum atomic E-state index is 12.7. The van der Waals surface area contributed by atoms with E-state index in [4.69, 9.17) is 4.74 Å². The van der Waals surface area contributed by atoms with Crippen LogP contribution in [0.25, 0.3) is 34.3 Å². The first-order valence-corrected chi connectivity index (χ1v) is 10.9. The van der Waals surface area contributed by atoms with Gasteiger partial charge in [0.15, 0.2) is 0 Å². The third-order valence-corrected chi connectivity index (χ3v) is 5.05. The van der Waals surface area contributed by atoms with Gasteiger partial charge in [0.1, 0.15) is 11.4 Å². The Morgan fingerprint density at radius 2 is 1.69 bits per heavy atom. The fourth-order valence-corrected chi connectivity index (χ4v) is 3.49. The van der Waals surface area contributed by atoms with Gasteiger partial charge in [-0.3, -0.25) is 5.32 Å². The predicted molar refractivity (Wildman–Crippen MR) is 132 cm³/mol. The van der Waals surface area contributed by atoms with Gasteiger partial charge in [-0.15, -0.1) is 0 Å². The summed E-state index contributed by atoms with van der Waals surface area (Å²) in [5.41, 5.74) is 3.14. The number of carbonyl (C=O) groups excluding carboxylic acids is 1. The van der Waals surface area contributed by atoms with Crippen molar-refractivity contribution in [3.8, 4) is 11.1 Å². The van der Waals surface area contributed by atoms with E-state index >= 15 is 0 Å². The monoisotopic (exact) mass is 479 g/mol. The van der Waals surface area contributed by atoms with Gasteiger partial charge in [-0.2, -0.15) is 13.2 Å². The van der Waals surface area contributed by atoms with Crippen molar-refractivity contribution in [3.05, 3.63) is 83.7 Å². The first-order chi connectivity index (χ1) is 16.5. The molecule has 0 unspecified atom stereocenters. The minimum atomic E-state index is -4.36. The number of fused-ring (bicyclic) bond motifs is 1. The lowest BCUT2D eigenvalue weighted by atomic mass is 10.0. The van der Waals surface area contributed by atoms with Crippen LogP contribution in [-0.2, 0) is 10.9 Å². The highest BCUT2D eigenvalue weighted by Gasteiger charge is 2.29. The minimum Gasteiger partial charge on any atom is -0.444 e. The topological polar surface area (TPSA) is 67.0 Å². The Morgan fingerprint density at radius 3 is 2.37 bits per heavy atom. The van der Waals surface area contributed by atoms with Crippen LogP contribution in [0.5, 0.6) is 0 Å². The molecule has 0 saturated heterocycles. The maximum Gasteiger partial charge on any atom is 0.416 e. The standard InChI is InChI=1S/C27H24F3N3O2/c1-26(2,3)35-25(34)33-21-7-5-4-6-20(21)18-11-14-22-23(16-18)32-24(31-22)15-10-17-8-12-19(13-9-17)27(28,29)30/h4-16H,1-3H3,(H,31,32)(H,33,34)/b15-10+. The zero-order chi connectivity index (χ0) is 25.2. The average Bonchev–Trinajstić information content (AvgIpc) is 3.18. The number of amides is 1. The molecule has 0 aliphatic carbocycles. The normalized spacial score (nSPS) is 12.3. The molecule has 0 spiro atoms. The third kappa shape index (κ3) is 6.09. The fraction of sp³-hybridized carbons (Fsp3) is 0.185. The Hall–Kier alpha value is -4.07. The number of anilines is 1. The number of aromatic nitrogens is 2. The number of halogens is 3. The molecule has 1 aromatic heterocycles. The second-order valence-electron chi connectivity index (χ2n) is 8.98. The SMILES string of the molecule is CC(C)(C)OC(=O)Nc1ccccc1-c1ccc2nc(/C=C/c3ccc(C(F)(F)F)cc3)[nH]c2c1. The summed E-state index contributed by atoms with van der Waals surface area (Å²) in [5, 5.41) is 2.80. The minimum absolute atomic E-state index is 0.539. The van der Waals surface area contributed by atoms with Crippen LogP contribution in [0.4, 0.5) is 23.7 Å². The number of hydrogen-bond acceptors (Lipinski definition) is 3. The van der Waals surface area contributed by atoms with Gasteiger partial charge in [-0.25, -0.2) is 9.78 Å². The highest BCUT2D eigenvalue weighted by Crippen LogP contribution is 2.31. The van der Waals surface area contributed by atoms with Crippen LogP contribution >= 0.6 is 0 Å². The molecule has 180 valence electrons. The summed E-state index contributed by atoms with van der Waals surface area (Å²) in [6, 6.07) is 18.0. The molecule has 0 bridgehead atoms. The number of nitrogens with one attached hydrogen (secondary N) is 2. The summed E-state index contributed by atoms with van der Waals surface area (Å²) >= 11 is 0. The molecule has 4 aromatic rings. The molecular weight excluding hydrogens is 455 g/mol. The number of benzene rings is 3. The number of imidazole rings is 1. The summed E-state index contributed by atoms with van der Waals surface area (Å²) in [6.45, 7) is 5.40. The quantitative estimate of drug-likeness (QED) is 0.314. The van der Waals surface area contributed by atoms with Crippen molar-refractivity contribution >= 4 is 35.0 Å². The van der Waals surface area contributed by atoms with Crippen molar-refractivity contribution in [2.75, 3.05) is 5.32 Å². The lowest BCUT2D eigenvalue weighted by molar-refractivity contribution is -0.137. The number of para-hydroxylation sites is 1. The zero-order valence-corrected chi connectivity index (χ0v) is 19.4. The van der Waals surface area contributed by atoms with E-state index in [2.05, 4.69) is 15.3 Å². The van der Waals surface area contributed by atoms with Crippen molar-refractivity contribution in [1.29, 1.82) is 0 Å². The molecule has 3 aromatic carbocycles. The fourth-order valence-electron chi connectivity index (χ4n) is 3.49. The van der Waals surface area contributed by atoms with E-state index in [0.29, 0.717) is 17.1 Å². The van der Waals surface area contributed by atoms with E-state index < -0.39 is 23.4 Å². The Balaban J connectivity index is 1.56. The molecule has 5 nitrogen and oxygen atoms in total. The first-order valence-electron chi connectivity index (χ1n) is 10.9. The number of rotatable bonds is 4. The summed E-state index contributed by atoms with van der Waals surface area (Å²) in [7, 11) is 0. The number of nitrogens with zero attached hydrogens (tertiary/aromatic N) is 1. The van der Waals surface area contributed by atoms with Crippen LogP contribution in [0, 0.1) is 0 Å². The molecule has 4 rings (SSSR count). The summed E-state index contributed by atoms with van der Waals surface area (Å²) < 4.78 is 43.6. The third-order valence-electron chi connectivity index (χ3n) is 5.05. The van der Waals surface area contributed by atoms with Crippen molar-refractivity contribution in [3.63, 3.8) is 0 Å². The Labute approximate surface area is 200 Å². The molecule has 0 radical (unpaired) electrons. The van der Waals surface area contributed by atoms with Gasteiger partial charge in [0.2, 0.25) is 0 Å². The van der Waals surface area contributed by atoms with Crippen LogP contribution in [0.1, 0.15) is 37.7 Å². The first kappa shape index (κ1) is 24.1. The van der Waals surface area contributed by atoms with E-state index in [1.54, 1.807) is 39.0 Å². The lowest BCUT2D eigenvalue weighted by Gasteiger charge is -2.20.